The van der Waals surface area contributed by atoms with Gasteiger partial charge in [-0.05, 0) is 83.7 Å². The van der Waals surface area contributed by atoms with Gasteiger partial charge in [0.2, 0.25) is 0 Å². The third kappa shape index (κ3) is 4.07. The van der Waals surface area contributed by atoms with E-state index in [0.29, 0.717) is 18.3 Å². The number of carbonyl (C=O) groups is 4. The van der Waals surface area contributed by atoms with Crippen molar-refractivity contribution in [2.45, 2.75) is 99.2 Å². The highest BCUT2D eigenvalue weighted by Crippen LogP contribution is 2.87. The van der Waals surface area contributed by atoms with Gasteiger partial charge in [0.1, 0.15) is 6.10 Å². The summed E-state index contributed by atoms with van der Waals surface area (Å²) in [6.45, 7) is 16.9. The first-order chi connectivity index (χ1) is 19.1. The van der Waals surface area contributed by atoms with Crippen LogP contribution in [0, 0.1) is 57.2 Å². The molecule has 5 aliphatic rings. The molecule has 2 spiro atoms. The molecule has 5 aliphatic carbocycles. The van der Waals surface area contributed by atoms with E-state index in [1.165, 1.54) is 13.8 Å². The van der Waals surface area contributed by atoms with Crippen LogP contribution in [0.15, 0.2) is 24.3 Å². The first-order valence-corrected chi connectivity index (χ1v) is 15.5. The Bertz CT molecular complexity index is 1200. The van der Waals surface area contributed by atoms with Gasteiger partial charge >= 0.3 is 11.9 Å². The molecular weight excluding hydrogens is 520 g/mol. The third-order valence-electron chi connectivity index (χ3n) is 13.1. The molecule has 0 aromatic heterocycles. The Morgan fingerprint density at radius 3 is 2.39 bits per heavy atom. The van der Waals surface area contributed by atoms with Gasteiger partial charge in [0.05, 0.1) is 0 Å². The fourth-order valence-electron chi connectivity index (χ4n) is 10.9. The van der Waals surface area contributed by atoms with Crippen LogP contribution in [-0.4, -0.2) is 47.4 Å². The lowest BCUT2D eigenvalue weighted by molar-refractivity contribution is -0.166. The molecule has 1 N–H and O–H groups in total. The molecule has 4 saturated carbocycles. The second-order valence-corrected chi connectivity index (χ2v) is 14.7. The van der Waals surface area contributed by atoms with Gasteiger partial charge < -0.3 is 14.6 Å². The van der Waals surface area contributed by atoms with Crippen molar-refractivity contribution < 1.29 is 33.8 Å². The summed E-state index contributed by atoms with van der Waals surface area (Å²) in [6.07, 6.45) is 8.38. The van der Waals surface area contributed by atoms with Crippen molar-refractivity contribution in [2.75, 3.05) is 6.61 Å². The number of ether oxygens (including phenoxy) is 2. The van der Waals surface area contributed by atoms with E-state index in [2.05, 4.69) is 33.4 Å². The van der Waals surface area contributed by atoms with Crippen molar-refractivity contribution in [2.24, 2.45) is 57.2 Å². The van der Waals surface area contributed by atoms with Crippen molar-refractivity contribution in [3.05, 3.63) is 24.3 Å². The minimum Gasteiger partial charge on any atom is -0.462 e. The number of hydrogen-bond acceptors (Lipinski definition) is 7. The largest absolute Gasteiger partial charge is 0.462 e. The van der Waals surface area contributed by atoms with Gasteiger partial charge in [-0.15, -0.1) is 0 Å². The standard InChI is InChI=1S/C34H48O7/c1-18(16-35)19(2)29(39)30(41-23(6)37)21(4)28-26(40-22(5)36)15-32(8)27-10-9-24-20(3)25(38)11-12-33(24)17-34(27,33)14-13-31(28,32)7/h11-12,18,20-21,24,26-28,30,35H,2,9-10,13-17H2,1,3-8H3/t18-,20?,21-,24-,26-,27-,28-,30+,31+,32-,33?,34?/m0/s1. The molecule has 3 unspecified atom stereocenters. The van der Waals surface area contributed by atoms with E-state index >= 15 is 0 Å². The minimum absolute atomic E-state index is 0.0523. The van der Waals surface area contributed by atoms with Gasteiger partial charge in [-0.1, -0.05) is 47.3 Å². The number of hydrogen-bond donors (Lipinski definition) is 1. The van der Waals surface area contributed by atoms with Crippen LogP contribution in [0.3, 0.4) is 0 Å². The summed E-state index contributed by atoms with van der Waals surface area (Å²) in [5, 5.41) is 9.69. The van der Waals surface area contributed by atoms with E-state index in [4.69, 9.17) is 9.47 Å². The predicted octanol–water partition coefficient (Wildman–Crippen LogP) is 5.24. The molecule has 7 nitrogen and oxygen atoms in total. The second kappa shape index (κ2) is 9.89. The van der Waals surface area contributed by atoms with Crippen LogP contribution in [0.5, 0.6) is 0 Å². The number of rotatable bonds is 8. The van der Waals surface area contributed by atoms with Crippen LogP contribution in [0.2, 0.25) is 0 Å². The third-order valence-corrected chi connectivity index (χ3v) is 13.1. The van der Waals surface area contributed by atoms with E-state index in [1.54, 1.807) is 6.92 Å². The van der Waals surface area contributed by atoms with Gasteiger partial charge in [0.25, 0.3) is 0 Å². The highest BCUT2D eigenvalue weighted by Gasteiger charge is 2.81. The summed E-state index contributed by atoms with van der Waals surface area (Å²) in [4.78, 5) is 51.1. The molecule has 5 rings (SSSR count). The van der Waals surface area contributed by atoms with Crippen LogP contribution < -0.4 is 0 Å². The normalized spacial score (nSPS) is 44.3. The van der Waals surface area contributed by atoms with Crippen LogP contribution in [-0.2, 0) is 28.7 Å². The molecule has 41 heavy (non-hydrogen) atoms. The molecule has 0 aromatic carbocycles. The van der Waals surface area contributed by atoms with Gasteiger partial charge in [-0.25, -0.2) is 0 Å². The first-order valence-electron chi connectivity index (χ1n) is 15.5. The Labute approximate surface area is 244 Å². The zero-order chi connectivity index (χ0) is 30.3. The van der Waals surface area contributed by atoms with E-state index in [0.717, 1.165) is 32.1 Å². The van der Waals surface area contributed by atoms with E-state index in [9.17, 15) is 24.3 Å². The van der Waals surface area contributed by atoms with Crippen molar-refractivity contribution in [3.8, 4) is 0 Å². The maximum Gasteiger partial charge on any atom is 0.303 e. The average molecular weight is 569 g/mol. The number of aliphatic hydroxyl groups is 1. The van der Waals surface area contributed by atoms with Crippen LogP contribution in [0.4, 0.5) is 0 Å². The zero-order valence-corrected chi connectivity index (χ0v) is 25.8. The first kappa shape index (κ1) is 30.2. The molecule has 0 saturated heterocycles. The van der Waals surface area contributed by atoms with Gasteiger partial charge in [-0.2, -0.15) is 0 Å². The van der Waals surface area contributed by atoms with Crippen molar-refractivity contribution in [3.63, 3.8) is 0 Å². The van der Waals surface area contributed by atoms with Crippen LogP contribution >= 0.6 is 0 Å². The lowest BCUT2D eigenvalue weighted by atomic mass is 9.43. The van der Waals surface area contributed by atoms with E-state index < -0.39 is 30.0 Å². The zero-order valence-electron chi connectivity index (χ0n) is 25.8. The number of ketones is 2. The Morgan fingerprint density at radius 2 is 1.78 bits per heavy atom. The summed E-state index contributed by atoms with van der Waals surface area (Å²) < 4.78 is 11.8. The van der Waals surface area contributed by atoms with Crippen LogP contribution in [0.1, 0.15) is 87.0 Å². The Morgan fingerprint density at radius 1 is 1.10 bits per heavy atom. The number of fused-ring (bicyclic) bond motifs is 2. The Balaban J connectivity index is 1.54. The van der Waals surface area contributed by atoms with E-state index in [1.807, 2.05) is 13.0 Å². The Kier molecular flexibility index (Phi) is 7.28. The maximum atomic E-state index is 13.7. The molecule has 0 amide bonds. The van der Waals surface area contributed by atoms with Gasteiger partial charge in [0.15, 0.2) is 17.7 Å². The molecule has 7 heteroatoms. The van der Waals surface area contributed by atoms with Gasteiger partial charge in [-0.3, -0.25) is 19.2 Å². The SMILES string of the molecule is C=C(C(=O)[C@H](OC(C)=O)[C@@H](C)[C@H]1[C@@H](OC(C)=O)C[C@@]2(C)[C@@H]3CC[C@H]4C(C)C(=O)C=CC45CC35CC[C@]12C)[C@@H](C)CO. The highest BCUT2D eigenvalue weighted by atomic mass is 16.6. The van der Waals surface area contributed by atoms with Crippen LogP contribution in [0.25, 0.3) is 0 Å². The quantitative estimate of drug-likeness (QED) is 0.315. The highest BCUT2D eigenvalue weighted by molar-refractivity contribution is 5.99. The molecular formula is C34H48O7. The fourth-order valence-corrected chi connectivity index (χ4v) is 10.9. The molecule has 0 bridgehead atoms. The Hall–Kier alpha value is -2.28. The smallest absolute Gasteiger partial charge is 0.303 e. The van der Waals surface area contributed by atoms with Gasteiger partial charge in [0, 0.05) is 44.1 Å². The summed E-state index contributed by atoms with van der Waals surface area (Å²) in [7, 11) is 0. The monoisotopic (exact) mass is 568 g/mol. The maximum absolute atomic E-state index is 13.7. The molecule has 4 fully saturated rings. The van der Waals surface area contributed by atoms with E-state index in [-0.39, 0.29) is 63.2 Å². The number of allylic oxidation sites excluding steroid dienone is 2. The number of aliphatic hydroxyl groups excluding tert-OH is 1. The number of esters is 2. The number of carbonyl (C=O) groups excluding carboxylic acids is 4. The van der Waals surface area contributed by atoms with Crippen molar-refractivity contribution >= 4 is 23.5 Å². The summed E-state index contributed by atoms with van der Waals surface area (Å²) in [6, 6.07) is 0. The second-order valence-electron chi connectivity index (χ2n) is 14.7. The topological polar surface area (TPSA) is 107 Å². The molecule has 0 radical (unpaired) electrons. The lowest BCUT2D eigenvalue weighted by Crippen LogP contribution is -2.56. The molecule has 0 aliphatic heterocycles. The lowest BCUT2D eigenvalue weighted by Gasteiger charge is -2.61. The summed E-state index contributed by atoms with van der Waals surface area (Å²) in [5.41, 5.74) is -0.000337. The predicted molar refractivity (Wildman–Crippen MR) is 153 cm³/mol. The summed E-state index contributed by atoms with van der Waals surface area (Å²) in [5.74, 6) is -1.31. The fraction of sp³-hybridized carbons (Fsp3) is 0.765. The molecule has 0 heterocycles. The van der Waals surface area contributed by atoms with Crippen molar-refractivity contribution in [1.82, 2.24) is 0 Å². The molecule has 0 aromatic rings. The molecule has 226 valence electrons. The molecule has 12 atom stereocenters. The average Bonchev–Trinajstić information content (AvgIpc) is 3.52. The number of Topliss-reactive ketones (excluding diaryl/α,β-unsaturated/α-hetero) is 1. The van der Waals surface area contributed by atoms with Crippen molar-refractivity contribution in [1.29, 1.82) is 0 Å². The minimum atomic E-state index is -1.08. The summed E-state index contributed by atoms with van der Waals surface area (Å²) >= 11 is 0.